The molecule has 0 bridgehead atoms. The van der Waals surface area contributed by atoms with Gasteiger partial charge in [0.05, 0.1) is 11.6 Å². The lowest BCUT2D eigenvalue weighted by molar-refractivity contribution is -0.136. The van der Waals surface area contributed by atoms with Crippen molar-refractivity contribution < 1.29 is 14.3 Å². The van der Waals surface area contributed by atoms with Gasteiger partial charge in [-0.3, -0.25) is 14.6 Å². The Hall–Kier alpha value is -3.12. The molecule has 0 aliphatic heterocycles. The molecule has 0 aliphatic rings. The first-order valence-corrected chi connectivity index (χ1v) is 10.2. The molecule has 3 rings (SSSR count). The highest BCUT2D eigenvalue weighted by Gasteiger charge is 2.18. The van der Waals surface area contributed by atoms with E-state index in [1.807, 2.05) is 44.2 Å². The number of carbonyl (C=O) groups excluding carboxylic acids is 2. The van der Waals surface area contributed by atoms with E-state index < -0.39 is 0 Å². The van der Waals surface area contributed by atoms with Gasteiger partial charge >= 0.3 is 0 Å². The summed E-state index contributed by atoms with van der Waals surface area (Å²) < 4.78 is 5.74. The van der Waals surface area contributed by atoms with Gasteiger partial charge in [-0.25, -0.2) is 0 Å². The number of pyridine rings is 1. The maximum Gasteiger partial charge on any atom is 0.260 e. The molecule has 0 unspecified atom stereocenters. The number of halogens is 1. The van der Waals surface area contributed by atoms with Crippen LogP contribution < -0.4 is 10.1 Å². The first-order chi connectivity index (χ1) is 14.5. The van der Waals surface area contributed by atoms with Crippen molar-refractivity contribution in [2.45, 2.75) is 20.3 Å². The van der Waals surface area contributed by atoms with Crippen molar-refractivity contribution in [3.8, 4) is 5.75 Å². The van der Waals surface area contributed by atoms with Gasteiger partial charge in [0.2, 0.25) is 5.91 Å². The van der Waals surface area contributed by atoms with Gasteiger partial charge in [0.15, 0.2) is 6.61 Å². The largest absolute Gasteiger partial charge is 0.481 e. The number of nitrogens with zero attached hydrogens (tertiary/aromatic N) is 2. The molecular formula is C23H24ClN3O3. The Balaban J connectivity index is 1.65. The maximum absolute atomic E-state index is 12.7. The number of hydrogen-bond acceptors (Lipinski definition) is 4. The van der Waals surface area contributed by atoms with Crippen LogP contribution in [0.25, 0.3) is 10.9 Å². The summed E-state index contributed by atoms with van der Waals surface area (Å²) in [4.78, 5) is 31.0. The summed E-state index contributed by atoms with van der Waals surface area (Å²) >= 11 is 6.20. The molecule has 156 valence electrons. The Kier molecular flexibility index (Phi) is 7.25. The maximum atomic E-state index is 12.7. The molecule has 0 atom stereocenters. The zero-order valence-electron chi connectivity index (χ0n) is 17.0. The van der Waals surface area contributed by atoms with Crippen molar-refractivity contribution in [2.75, 3.05) is 25.0 Å². The van der Waals surface area contributed by atoms with E-state index in [4.69, 9.17) is 16.3 Å². The zero-order valence-corrected chi connectivity index (χ0v) is 17.8. The highest BCUT2D eigenvalue weighted by atomic mass is 35.5. The minimum Gasteiger partial charge on any atom is -0.481 e. The van der Waals surface area contributed by atoms with Crippen molar-refractivity contribution in [3.05, 3.63) is 65.3 Å². The summed E-state index contributed by atoms with van der Waals surface area (Å²) in [5.74, 6) is -0.0373. The minimum atomic E-state index is -0.268. The van der Waals surface area contributed by atoms with Crippen molar-refractivity contribution in [3.63, 3.8) is 0 Å². The number of rotatable bonds is 8. The third-order valence-corrected chi connectivity index (χ3v) is 4.96. The molecule has 7 heteroatoms. The Morgan fingerprint density at radius 1 is 1.13 bits per heavy atom. The number of benzene rings is 2. The fourth-order valence-corrected chi connectivity index (χ4v) is 3.31. The first-order valence-electron chi connectivity index (χ1n) is 9.79. The minimum absolute atomic E-state index is 0.0377. The number of aryl methyl sites for hydroxylation is 1. The predicted molar refractivity (Wildman–Crippen MR) is 119 cm³/mol. The van der Waals surface area contributed by atoms with E-state index in [2.05, 4.69) is 10.3 Å². The van der Waals surface area contributed by atoms with Crippen LogP contribution in [0.2, 0.25) is 5.02 Å². The topological polar surface area (TPSA) is 71.5 Å². The highest BCUT2D eigenvalue weighted by molar-refractivity contribution is 6.35. The monoisotopic (exact) mass is 425 g/mol. The van der Waals surface area contributed by atoms with Crippen LogP contribution in [0.4, 0.5) is 5.69 Å². The quantitative estimate of drug-likeness (QED) is 0.578. The van der Waals surface area contributed by atoms with Crippen LogP contribution in [0, 0.1) is 6.92 Å². The van der Waals surface area contributed by atoms with Gasteiger partial charge in [-0.1, -0.05) is 36.7 Å². The number of hydrogen-bond donors (Lipinski definition) is 1. The molecule has 0 spiro atoms. The summed E-state index contributed by atoms with van der Waals surface area (Å²) in [6.45, 7) is 4.11. The molecule has 6 nitrogen and oxygen atoms in total. The van der Waals surface area contributed by atoms with E-state index in [9.17, 15) is 9.59 Å². The number of carbonyl (C=O) groups is 2. The van der Waals surface area contributed by atoms with Gasteiger partial charge in [-0.15, -0.1) is 0 Å². The molecule has 2 aromatic carbocycles. The van der Waals surface area contributed by atoms with Gasteiger partial charge in [-0.2, -0.15) is 0 Å². The molecule has 1 aromatic heterocycles. The lowest BCUT2D eigenvalue weighted by Crippen LogP contribution is -2.41. The SMILES string of the molecule is CCCN(CC(=O)Nc1ccccc1C)C(=O)COc1ccc(Cl)c2cccnc12. The summed E-state index contributed by atoms with van der Waals surface area (Å²) in [6, 6.07) is 14.6. The highest BCUT2D eigenvalue weighted by Crippen LogP contribution is 2.29. The van der Waals surface area contributed by atoms with Gasteiger partial charge in [0.1, 0.15) is 11.3 Å². The second-order valence-corrected chi connectivity index (χ2v) is 7.32. The predicted octanol–water partition coefficient (Wildman–Crippen LogP) is 4.45. The molecule has 0 saturated heterocycles. The fraction of sp³-hybridized carbons (Fsp3) is 0.261. The molecule has 1 N–H and O–H groups in total. The number of ether oxygens (including phenoxy) is 1. The van der Waals surface area contributed by atoms with Crippen LogP contribution in [0.1, 0.15) is 18.9 Å². The van der Waals surface area contributed by atoms with Crippen LogP contribution in [-0.2, 0) is 9.59 Å². The second kappa shape index (κ2) is 10.1. The van der Waals surface area contributed by atoms with Crippen molar-refractivity contribution in [1.29, 1.82) is 0 Å². The number of nitrogens with one attached hydrogen (secondary N) is 1. The number of anilines is 1. The Morgan fingerprint density at radius 3 is 2.70 bits per heavy atom. The van der Waals surface area contributed by atoms with E-state index in [0.29, 0.717) is 22.8 Å². The molecule has 1 heterocycles. The van der Waals surface area contributed by atoms with Crippen molar-refractivity contribution in [2.24, 2.45) is 0 Å². The molecule has 30 heavy (non-hydrogen) atoms. The lowest BCUT2D eigenvalue weighted by Gasteiger charge is -2.22. The van der Waals surface area contributed by atoms with Crippen molar-refractivity contribution >= 4 is 40.0 Å². The number of para-hydroxylation sites is 1. The van der Waals surface area contributed by atoms with E-state index >= 15 is 0 Å². The lowest BCUT2D eigenvalue weighted by atomic mass is 10.2. The van der Waals surface area contributed by atoms with Gasteiger partial charge < -0.3 is 15.0 Å². The van der Waals surface area contributed by atoms with E-state index in [1.165, 1.54) is 4.90 Å². The Labute approximate surface area is 180 Å². The van der Waals surface area contributed by atoms with Gasteiger partial charge in [0, 0.05) is 23.8 Å². The number of amides is 2. The van der Waals surface area contributed by atoms with Crippen LogP contribution in [0.15, 0.2) is 54.7 Å². The van der Waals surface area contributed by atoms with E-state index in [0.717, 1.165) is 23.1 Å². The van der Waals surface area contributed by atoms with E-state index in [1.54, 1.807) is 24.4 Å². The van der Waals surface area contributed by atoms with Gasteiger partial charge in [0.25, 0.3) is 5.91 Å². The molecule has 2 amide bonds. The average molecular weight is 426 g/mol. The molecular weight excluding hydrogens is 402 g/mol. The smallest absolute Gasteiger partial charge is 0.260 e. The molecule has 0 aliphatic carbocycles. The zero-order chi connectivity index (χ0) is 21.5. The van der Waals surface area contributed by atoms with Crippen LogP contribution >= 0.6 is 11.6 Å². The molecule has 3 aromatic rings. The Bertz CT molecular complexity index is 1050. The van der Waals surface area contributed by atoms with Crippen LogP contribution in [-0.4, -0.2) is 41.4 Å². The molecule has 0 fully saturated rings. The molecule has 0 saturated carbocycles. The second-order valence-electron chi connectivity index (χ2n) is 6.91. The molecule has 0 radical (unpaired) electrons. The van der Waals surface area contributed by atoms with Crippen molar-refractivity contribution in [1.82, 2.24) is 9.88 Å². The number of aromatic nitrogens is 1. The van der Waals surface area contributed by atoms with Crippen LogP contribution in [0.3, 0.4) is 0 Å². The summed E-state index contributed by atoms with van der Waals surface area (Å²) in [5.41, 5.74) is 2.29. The third kappa shape index (κ3) is 5.27. The normalized spacial score (nSPS) is 10.6. The summed E-state index contributed by atoms with van der Waals surface area (Å²) in [5, 5.41) is 4.18. The standard InChI is InChI=1S/C23H24ClN3O3/c1-3-13-27(14-21(28)26-19-9-5-4-7-16(19)2)22(29)15-30-20-11-10-18(24)17-8-6-12-25-23(17)20/h4-12H,3,13-15H2,1-2H3,(H,26,28). The Morgan fingerprint density at radius 2 is 1.93 bits per heavy atom. The number of fused-ring (bicyclic) bond motifs is 1. The van der Waals surface area contributed by atoms with Gasteiger partial charge in [-0.05, 0) is 49.2 Å². The summed E-state index contributed by atoms with van der Waals surface area (Å²) in [6.07, 6.45) is 2.38. The fourth-order valence-electron chi connectivity index (χ4n) is 3.10. The van der Waals surface area contributed by atoms with E-state index in [-0.39, 0.29) is 25.0 Å². The average Bonchev–Trinajstić information content (AvgIpc) is 2.74. The van der Waals surface area contributed by atoms with Crippen LogP contribution in [0.5, 0.6) is 5.75 Å². The third-order valence-electron chi connectivity index (χ3n) is 4.63. The first kappa shape index (κ1) is 21.6. The summed E-state index contributed by atoms with van der Waals surface area (Å²) in [7, 11) is 0.